The van der Waals surface area contributed by atoms with Crippen LogP contribution in [0.1, 0.15) is 31.7 Å². The van der Waals surface area contributed by atoms with Crippen molar-refractivity contribution in [3.63, 3.8) is 0 Å². The van der Waals surface area contributed by atoms with Crippen molar-refractivity contribution in [1.29, 1.82) is 0 Å². The summed E-state index contributed by atoms with van der Waals surface area (Å²) in [4.78, 5) is 18.0. The topological polar surface area (TPSA) is 53.9 Å². The maximum Gasteiger partial charge on any atom is 0.307 e. The van der Waals surface area contributed by atoms with Crippen molar-refractivity contribution in [3.8, 4) is 0 Å². The smallest absolute Gasteiger partial charge is 0.307 e. The van der Waals surface area contributed by atoms with Crippen molar-refractivity contribution < 1.29 is 9.53 Å². The lowest BCUT2D eigenvalue weighted by atomic mass is 10.0. The van der Waals surface area contributed by atoms with E-state index in [0.29, 0.717) is 13.0 Å². The summed E-state index contributed by atoms with van der Waals surface area (Å²) in [5, 5.41) is 3.31. The van der Waals surface area contributed by atoms with Crippen LogP contribution in [0.5, 0.6) is 0 Å². The quantitative estimate of drug-likeness (QED) is 0.319. The summed E-state index contributed by atoms with van der Waals surface area (Å²) in [5.41, 5.74) is 2.74. The number of nitrogens with one attached hydrogen (secondary N) is 1. The second kappa shape index (κ2) is 11.9. The van der Waals surface area contributed by atoms with E-state index in [1.54, 1.807) is 0 Å². The van der Waals surface area contributed by atoms with Gasteiger partial charge in [-0.3, -0.25) is 9.79 Å². The molecule has 0 aromatic heterocycles. The van der Waals surface area contributed by atoms with Gasteiger partial charge in [0.25, 0.3) is 0 Å². The van der Waals surface area contributed by atoms with Crippen molar-refractivity contribution >= 4 is 42.0 Å². The van der Waals surface area contributed by atoms with Crippen LogP contribution in [-0.2, 0) is 9.53 Å². The minimum atomic E-state index is -0.221. The molecule has 6 heteroatoms. The Morgan fingerprint density at radius 2 is 1.96 bits per heavy atom. The molecule has 0 bridgehead atoms. The highest BCUT2D eigenvalue weighted by Gasteiger charge is 2.17. The Morgan fingerprint density at radius 1 is 1.28 bits per heavy atom. The number of carbonyl (C=O) groups is 1. The number of aliphatic imine (C=N–C) groups is 1. The SMILES string of the molecule is CCNC(=NCCC(=O)OC)N1CCC(=Cc2ccccc2)CC1.I. The van der Waals surface area contributed by atoms with Crippen molar-refractivity contribution in [3.05, 3.63) is 41.5 Å². The first-order valence-electron chi connectivity index (χ1n) is 8.57. The zero-order chi connectivity index (χ0) is 17.2. The normalized spacial score (nSPS) is 14.6. The molecular formula is C19H28IN3O2. The Labute approximate surface area is 167 Å². The van der Waals surface area contributed by atoms with E-state index in [1.807, 2.05) is 6.07 Å². The number of carbonyl (C=O) groups excluding carboxylic acids is 1. The van der Waals surface area contributed by atoms with Crippen LogP contribution in [0.25, 0.3) is 6.08 Å². The number of piperidine rings is 1. The molecule has 1 heterocycles. The van der Waals surface area contributed by atoms with Crippen LogP contribution in [0.4, 0.5) is 0 Å². The van der Waals surface area contributed by atoms with E-state index in [1.165, 1.54) is 18.2 Å². The molecule has 0 spiro atoms. The molecule has 0 saturated carbocycles. The van der Waals surface area contributed by atoms with Gasteiger partial charge in [0.1, 0.15) is 0 Å². The van der Waals surface area contributed by atoms with Crippen LogP contribution in [-0.4, -0.2) is 50.1 Å². The molecule has 0 radical (unpaired) electrons. The Balaban J connectivity index is 0.00000312. The molecule has 0 amide bonds. The maximum atomic E-state index is 11.2. The fourth-order valence-electron chi connectivity index (χ4n) is 2.72. The average Bonchev–Trinajstić information content (AvgIpc) is 2.62. The van der Waals surface area contributed by atoms with Crippen molar-refractivity contribution in [1.82, 2.24) is 10.2 Å². The van der Waals surface area contributed by atoms with E-state index in [0.717, 1.165) is 38.4 Å². The number of nitrogens with zero attached hydrogens (tertiary/aromatic N) is 2. The largest absolute Gasteiger partial charge is 0.469 e. The van der Waals surface area contributed by atoms with Gasteiger partial charge in [-0.25, -0.2) is 0 Å². The molecule has 0 atom stereocenters. The van der Waals surface area contributed by atoms with Crippen LogP contribution in [0.2, 0.25) is 0 Å². The van der Waals surface area contributed by atoms with E-state index < -0.39 is 0 Å². The fourth-order valence-corrected chi connectivity index (χ4v) is 2.72. The zero-order valence-corrected chi connectivity index (χ0v) is 17.4. The highest BCUT2D eigenvalue weighted by molar-refractivity contribution is 14.0. The standard InChI is InChI=1S/C19H27N3O2.HI/c1-3-20-19(21-12-9-18(23)24-2)22-13-10-17(11-14-22)15-16-7-5-4-6-8-16;/h4-8,15H,3,9-14H2,1-2H3,(H,20,21);1H. The van der Waals surface area contributed by atoms with Crippen LogP contribution in [0.3, 0.4) is 0 Å². The average molecular weight is 457 g/mol. The van der Waals surface area contributed by atoms with Crippen molar-refractivity contribution in [2.24, 2.45) is 4.99 Å². The summed E-state index contributed by atoms with van der Waals surface area (Å²) in [6.07, 6.45) is 4.68. The number of likely N-dealkylation sites (tertiary alicyclic amines) is 1. The molecular weight excluding hydrogens is 429 g/mol. The van der Waals surface area contributed by atoms with Crippen LogP contribution < -0.4 is 5.32 Å². The van der Waals surface area contributed by atoms with Gasteiger partial charge in [0.05, 0.1) is 20.1 Å². The number of benzene rings is 1. The van der Waals surface area contributed by atoms with Gasteiger partial charge in [0, 0.05) is 19.6 Å². The molecule has 0 aliphatic carbocycles. The summed E-state index contributed by atoms with van der Waals surface area (Å²) in [7, 11) is 1.41. The second-order valence-electron chi connectivity index (χ2n) is 5.76. The first kappa shape index (κ1) is 21.5. The number of ether oxygens (including phenoxy) is 1. The van der Waals surface area contributed by atoms with Crippen molar-refractivity contribution in [2.45, 2.75) is 26.2 Å². The molecule has 25 heavy (non-hydrogen) atoms. The molecule has 1 aromatic carbocycles. The van der Waals surface area contributed by atoms with Crippen LogP contribution in [0.15, 0.2) is 40.9 Å². The van der Waals surface area contributed by atoms with Gasteiger partial charge in [-0.15, -0.1) is 24.0 Å². The van der Waals surface area contributed by atoms with E-state index >= 15 is 0 Å². The monoisotopic (exact) mass is 457 g/mol. The Hall–Kier alpha value is -1.57. The minimum absolute atomic E-state index is 0. The predicted molar refractivity (Wildman–Crippen MR) is 113 cm³/mol. The molecule has 1 aliphatic heterocycles. The molecule has 1 fully saturated rings. The Bertz CT molecular complexity index is 578. The highest BCUT2D eigenvalue weighted by atomic mass is 127. The molecule has 5 nitrogen and oxygen atoms in total. The van der Waals surface area contributed by atoms with Gasteiger partial charge >= 0.3 is 5.97 Å². The lowest BCUT2D eigenvalue weighted by molar-refractivity contribution is -0.140. The van der Waals surface area contributed by atoms with Crippen molar-refractivity contribution in [2.75, 3.05) is 33.3 Å². The minimum Gasteiger partial charge on any atom is -0.469 e. The van der Waals surface area contributed by atoms with Gasteiger partial charge in [-0.1, -0.05) is 42.0 Å². The highest BCUT2D eigenvalue weighted by Crippen LogP contribution is 2.19. The second-order valence-corrected chi connectivity index (χ2v) is 5.76. The van der Waals surface area contributed by atoms with Gasteiger partial charge in [-0.2, -0.15) is 0 Å². The summed E-state index contributed by atoms with van der Waals surface area (Å²) in [6, 6.07) is 10.4. The molecule has 138 valence electrons. The number of esters is 1. The van der Waals surface area contributed by atoms with Gasteiger partial charge < -0.3 is 15.0 Å². The number of methoxy groups -OCH3 is 1. The lowest BCUT2D eigenvalue weighted by Gasteiger charge is -2.31. The number of hydrogen-bond acceptors (Lipinski definition) is 3. The summed E-state index contributed by atoms with van der Waals surface area (Å²) in [6.45, 7) is 5.23. The Kier molecular flexibility index (Phi) is 10.2. The number of guanidine groups is 1. The van der Waals surface area contributed by atoms with E-state index in [9.17, 15) is 4.79 Å². The summed E-state index contributed by atoms with van der Waals surface area (Å²) in [5.74, 6) is 0.668. The van der Waals surface area contributed by atoms with Gasteiger partial charge in [0.15, 0.2) is 5.96 Å². The first-order chi connectivity index (χ1) is 11.7. The number of halogens is 1. The third-order valence-electron chi connectivity index (χ3n) is 4.02. The molecule has 0 unspecified atom stereocenters. The number of hydrogen-bond donors (Lipinski definition) is 1. The maximum absolute atomic E-state index is 11.2. The Morgan fingerprint density at radius 3 is 2.56 bits per heavy atom. The number of rotatable bonds is 5. The first-order valence-corrected chi connectivity index (χ1v) is 8.57. The fraction of sp³-hybridized carbons (Fsp3) is 0.474. The lowest BCUT2D eigenvalue weighted by Crippen LogP contribution is -2.44. The third-order valence-corrected chi connectivity index (χ3v) is 4.02. The van der Waals surface area contributed by atoms with Gasteiger partial charge in [-0.05, 0) is 25.3 Å². The molecule has 1 aliphatic rings. The third kappa shape index (κ3) is 7.46. The summed E-state index contributed by atoms with van der Waals surface area (Å²) >= 11 is 0. The predicted octanol–water partition coefficient (Wildman–Crippen LogP) is 3.31. The van der Waals surface area contributed by atoms with E-state index in [4.69, 9.17) is 0 Å². The van der Waals surface area contributed by atoms with Gasteiger partial charge in [0.2, 0.25) is 0 Å². The molecule has 1 N–H and O–H groups in total. The molecule has 1 saturated heterocycles. The van der Waals surface area contributed by atoms with Crippen LogP contribution in [0, 0.1) is 0 Å². The van der Waals surface area contributed by atoms with E-state index in [-0.39, 0.29) is 29.9 Å². The summed E-state index contributed by atoms with van der Waals surface area (Å²) < 4.78 is 4.66. The molecule has 2 rings (SSSR count). The molecule has 1 aromatic rings. The van der Waals surface area contributed by atoms with Crippen LogP contribution >= 0.6 is 24.0 Å². The van der Waals surface area contributed by atoms with E-state index in [2.05, 4.69) is 57.2 Å². The zero-order valence-electron chi connectivity index (χ0n) is 15.0.